The van der Waals surface area contributed by atoms with Crippen LogP contribution >= 0.6 is 0 Å². The Bertz CT molecular complexity index is 423. The summed E-state index contributed by atoms with van der Waals surface area (Å²) in [4.78, 5) is 11.4. The van der Waals surface area contributed by atoms with Crippen molar-refractivity contribution in [2.24, 2.45) is 23.7 Å². The normalized spacial score (nSPS) is 45.3. The summed E-state index contributed by atoms with van der Waals surface area (Å²) in [6.07, 6.45) is 9.02. The summed E-state index contributed by atoms with van der Waals surface area (Å²) < 4.78 is 5.78. The molecule has 0 aromatic rings. The highest BCUT2D eigenvalue weighted by atomic mass is 16.6. The fourth-order valence-corrected chi connectivity index (χ4v) is 4.37. The average Bonchev–Trinajstić information content (AvgIpc) is 2.81. The lowest BCUT2D eigenvalue weighted by Crippen LogP contribution is -2.31. The first kappa shape index (κ1) is 12.0. The number of rotatable bonds is 2. The number of hydrogen-bond donors (Lipinski definition) is 0. The van der Waals surface area contributed by atoms with Crippen molar-refractivity contribution >= 4 is 5.97 Å². The van der Waals surface area contributed by atoms with E-state index in [0.29, 0.717) is 23.7 Å². The summed E-state index contributed by atoms with van der Waals surface area (Å²) in [6.45, 7) is 7.71. The van der Waals surface area contributed by atoms with Crippen molar-refractivity contribution in [3.8, 4) is 0 Å². The van der Waals surface area contributed by atoms with E-state index in [4.69, 9.17) is 4.74 Å². The van der Waals surface area contributed by atoms with Crippen LogP contribution < -0.4 is 0 Å². The van der Waals surface area contributed by atoms with E-state index in [2.05, 4.69) is 25.7 Å². The van der Waals surface area contributed by atoms with Gasteiger partial charge in [-0.15, -0.1) is 6.58 Å². The van der Waals surface area contributed by atoms with Crippen molar-refractivity contribution in [3.63, 3.8) is 0 Å². The highest BCUT2D eigenvalue weighted by molar-refractivity contribution is 5.67. The molecule has 0 amide bonds. The van der Waals surface area contributed by atoms with Crippen molar-refractivity contribution < 1.29 is 9.53 Å². The lowest BCUT2D eigenvalue weighted by Gasteiger charge is -2.27. The van der Waals surface area contributed by atoms with Gasteiger partial charge in [-0.25, -0.2) is 0 Å². The molecular formula is C16H22O2. The summed E-state index contributed by atoms with van der Waals surface area (Å²) in [5.41, 5.74) is 1.34. The van der Waals surface area contributed by atoms with Crippen molar-refractivity contribution in [2.75, 3.05) is 0 Å². The van der Waals surface area contributed by atoms with E-state index in [1.807, 2.05) is 0 Å². The van der Waals surface area contributed by atoms with E-state index in [0.717, 1.165) is 19.3 Å². The van der Waals surface area contributed by atoms with Gasteiger partial charge < -0.3 is 4.74 Å². The monoisotopic (exact) mass is 246 g/mol. The molecule has 3 aliphatic rings. The van der Waals surface area contributed by atoms with Crippen LogP contribution in [0.25, 0.3) is 0 Å². The Morgan fingerprint density at radius 2 is 2.33 bits per heavy atom. The number of fused-ring (bicyclic) bond motifs is 3. The van der Waals surface area contributed by atoms with Gasteiger partial charge in [0.25, 0.3) is 0 Å². The molecule has 2 unspecified atom stereocenters. The number of allylic oxidation sites excluding steroid dienone is 3. The zero-order valence-corrected chi connectivity index (χ0v) is 11.3. The van der Waals surface area contributed by atoms with E-state index in [1.165, 1.54) is 12.0 Å². The smallest absolute Gasteiger partial charge is 0.303 e. The fourth-order valence-electron chi connectivity index (χ4n) is 4.37. The van der Waals surface area contributed by atoms with Gasteiger partial charge in [-0.1, -0.05) is 17.7 Å². The van der Waals surface area contributed by atoms with Gasteiger partial charge in [-0.05, 0) is 44.4 Å². The van der Waals surface area contributed by atoms with Gasteiger partial charge in [-0.2, -0.15) is 0 Å². The van der Waals surface area contributed by atoms with Gasteiger partial charge in [0, 0.05) is 18.8 Å². The van der Waals surface area contributed by atoms with Crippen molar-refractivity contribution in [1.82, 2.24) is 0 Å². The molecule has 0 spiro atoms. The maximum absolute atomic E-state index is 11.4. The van der Waals surface area contributed by atoms with Crippen molar-refractivity contribution in [1.29, 1.82) is 0 Å². The van der Waals surface area contributed by atoms with Gasteiger partial charge >= 0.3 is 5.97 Å². The standard InChI is InChI=1S/C16H22O2/c1-4-12-7-13-5-10(2)6-14-9-16(14,15(13)8-12)18-11(3)17/h4-5,12-15H,1,6-9H2,2-3H3/t12-,13-,14?,15+,16?/m1/s1. The topological polar surface area (TPSA) is 26.3 Å². The molecule has 0 aromatic carbocycles. The van der Waals surface area contributed by atoms with Crippen LogP contribution in [0.1, 0.15) is 39.5 Å². The second kappa shape index (κ2) is 3.97. The van der Waals surface area contributed by atoms with Gasteiger partial charge in [0.2, 0.25) is 0 Å². The third kappa shape index (κ3) is 1.73. The first-order valence-corrected chi connectivity index (χ1v) is 7.04. The molecule has 0 heterocycles. The lowest BCUT2D eigenvalue weighted by atomic mass is 9.88. The third-order valence-electron chi connectivity index (χ3n) is 5.11. The molecule has 3 aliphatic carbocycles. The SMILES string of the molecule is C=C[C@@H]1C[C@H]2C=C(C)CC3CC3(OC(C)=O)[C@H]2C1. The molecule has 98 valence electrons. The van der Waals surface area contributed by atoms with E-state index < -0.39 is 0 Å². The van der Waals surface area contributed by atoms with Crippen LogP contribution in [0.2, 0.25) is 0 Å². The summed E-state index contributed by atoms with van der Waals surface area (Å²) in [5, 5.41) is 0. The first-order valence-electron chi connectivity index (χ1n) is 7.04. The van der Waals surface area contributed by atoms with E-state index >= 15 is 0 Å². The second-order valence-corrected chi connectivity index (χ2v) is 6.40. The first-order chi connectivity index (χ1) is 8.55. The minimum absolute atomic E-state index is 0.113. The Labute approximate surface area is 109 Å². The minimum atomic E-state index is -0.136. The summed E-state index contributed by atoms with van der Waals surface area (Å²) in [7, 11) is 0. The van der Waals surface area contributed by atoms with E-state index in [-0.39, 0.29) is 11.6 Å². The Hall–Kier alpha value is -1.05. The highest BCUT2D eigenvalue weighted by Crippen LogP contribution is 2.63. The van der Waals surface area contributed by atoms with Crippen LogP contribution in [0.5, 0.6) is 0 Å². The Morgan fingerprint density at radius 1 is 1.56 bits per heavy atom. The third-order valence-corrected chi connectivity index (χ3v) is 5.11. The quantitative estimate of drug-likeness (QED) is 0.550. The molecule has 2 saturated carbocycles. The predicted octanol–water partition coefficient (Wildman–Crippen LogP) is 3.49. The molecule has 0 N–H and O–H groups in total. The molecule has 0 aromatic heterocycles. The van der Waals surface area contributed by atoms with Crippen LogP contribution in [0, 0.1) is 23.7 Å². The van der Waals surface area contributed by atoms with Gasteiger partial charge in [0.15, 0.2) is 0 Å². The Kier molecular flexibility index (Phi) is 2.65. The molecule has 18 heavy (non-hydrogen) atoms. The van der Waals surface area contributed by atoms with Crippen molar-refractivity contribution in [2.45, 2.75) is 45.1 Å². The van der Waals surface area contributed by atoms with Crippen molar-refractivity contribution in [3.05, 3.63) is 24.3 Å². The number of esters is 1. The van der Waals surface area contributed by atoms with Crippen LogP contribution in [0.15, 0.2) is 24.3 Å². The van der Waals surface area contributed by atoms with Crippen LogP contribution in [0.3, 0.4) is 0 Å². The Balaban J connectivity index is 1.90. The highest BCUT2D eigenvalue weighted by Gasteiger charge is 2.65. The number of ether oxygens (including phenoxy) is 1. The van der Waals surface area contributed by atoms with E-state index in [9.17, 15) is 4.79 Å². The van der Waals surface area contributed by atoms with Gasteiger partial charge in [0.1, 0.15) is 5.60 Å². The van der Waals surface area contributed by atoms with Crippen LogP contribution in [-0.2, 0) is 9.53 Å². The lowest BCUT2D eigenvalue weighted by molar-refractivity contribution is -0.153. The van der Waals surface area contributed by atoms with Crippen LogP contribution in [-0.4, -0.2) is 11.6 Å². The molecule has 0 radical (unpaired) electrons. The molecule has 0 aliphatic heterocycles. The second-order valence-electron chi connectivity index (χ2n) is 6.40. The maximum Gasteiger partial charge on any atom is 0.303 e. The molecule has 5 atom stereocenters. The predicted molar refractivity (Wildman–Crippen MR) is 70.9 cm³/mol. The molecule has 2 nitrogen and oxygen atoms in total. The molecule has 2 heteroatoms. The molecular weight excluding hydrogens is 224 g/mol. The molecule has 0 bridgehead atoms. The zero-order chi connectivity index (χ0) is 12.9. The number of carbonyl (C=O) groups excluding carboxylic acids is 1. The summed E-state index contributed by atoms with van der Waals surface area (Å²) >= 11 is 0. The van der Waals surface area contributed by atoms with Gasteiger partial charge in [0.05, 0.1) is 0 Å². The Morgan fingerprint density at radius 3 is 3.00 bits per heavy atom. The molecule has 2 fully saturated rings. The molecule has 3 rings (SSSR count). The summed E-state index contributed by atoms with van der Waals surface area (Å²) in [5.74, 6) is 2.15. The largest absolute Gasteiger partial charge is 0.459 e. The van der Waals surface area contributed by atoms with Gasteiger partial charge in [-0.3, -0.25) is 4.79 Å². The fraction of sp³-hybridized carbons (Fsp3) is 0.688. The molecule has 0 saturated heterocycles. The summed E-state index contributed by atoms with van der Waals surface area (Å²) in [6, 6.07) is 0. The van der Waals surface area contributed by atoms with Crippen LogP contribution in [0.4, 0.5) is 0 Å². The minimum Gasteiger partial charge on any atom is -0.459 e. The number of carbonyl (C=O) groups is 1. The maximum atomic E-state index is 11.4. The average molecular weight is 246 g/mol. The van der Waals surface area contributed by atoms with E-state index in [1.54, 1.807) is 6.92 Å². The zero-order valence-electron chi connectivity index (χ0n) is 11.3. The number of hydrogen-bond acceptors (Lipinski definition) is 2.